The second kappa shape index (κ2) is 17.2. The highest BCUT2D eigenvalue weighted by molar-refractivity contribution is 7.33. The lowest BCUT2D eigenvalue weighted by atomic mass is 9.36. The number of nitrogens with zero attached hydrogens (tertiary/aromatic N) is 3. The molecule has 72 heavy (non-hydrogen) atoms. The van der Waals surface area contributed by atoms with Crippen LogP contribution in [0.3, 0.4) is 0 Å². The minimum atomic E-state index is -0.00647. The first-order chi connectivity index (χ1) is 34.1. The Bertz CT molecular complexity index is 3500. The number of hydrogen-bond donors (Lipinski definition) is 0. The van der Waals surface area contributed by atoms with Crippen LogP contribution >= 0.6 is 11.3 Å². The third-order valence-electron chi connectivity index (χ3n) is 15.1. The van der Waals surface area contributed by atoms with Crippen LogP contribution in [0, 0.1) is 6.92 Å². The van der Waals surface area contributed by atoms with E-state index in [1.165, 1.54) is 93.2 Å². The molecule has 0 saturated carbocycles. The van der Waals surface area contributed by atoms with Crippen molar-refractivity contribution < 1.29 is 0 Å². The summed E-state index contributed by atoms with van der Waals surface area (Å²) in [4.78, 5) is 7.67. The Balaban J connectivity index is 1.21. The zero-order valence-electron chi connectivity index (χ0n) is 44.6. The summed E-state index contributed by atoms with van der Waals surface area (Å²) >= 11 is 1.97. The van der Waals surface area contributed by atoms with E-state index in [2.05, 4.69) is 281 Å². The summed E-state index contributed by atoms with van der Waals surface area (Å²) in [5.41, 5.74) is 22.3. The van der Waals surface area contributed by atoms with Crippen molar-refractivity contribution in [1.29, 1.82) is 0 Å². The molecule has 0 fully saturated rings. The van der Waals surface area contributed by atoms with Crippen LogP contribution < -0.4 is 30.4 Å². The van der Waals surface area contributed by atoms with E-state index in [4.69, 9.17) is 0 Å². The van der Waals surface area contributed by atoms with Gasteiger partial charge in [-0.3, -0.25) is 0 Å². The third kappa shape index (κ3) is 8.24. The lowest BCUT2D eigenvalue weighted by molar-refractivity contribution is 0.590. The molecule has 0 N–H and O–H groups in total. The summed E-state index contributed by atoms with van der Waals surface area (Å²) in [6.45, 7) is 30.0. The number of para-hydroxylation sites is 1. The van der Waals surface area contributed by atoms with Gasteiger partial charge in [-0.05, 0) is 152 Å². The molecule has 2 aliphatic rings. The lowest BCUT2D eigenvalue weighted by Crippen LogP contribution is -2.60. The van der Waals surface area contributed by atoms with Gasteiger partial charge in [-0.25, -0.2) is 0 Å². The van der Waals surface area contributed by atoms with Gasteiger partial charge in [-0.2, -0.15) is 0 Å². The fourth-order valence-electron chi connectivity index (χ4n) is 11.0. The molecule has 0 atom stereocenters. The molecule has 0 spiro atoms. The molecule has 0 radical (unpaired) electrons. The van der Waals surface area contributed by atoms with Gasteiger partial charge in [0.15, 0.2) is 0 Å². The number of benzene rings is 8. The second-order valence-corrected chi connectivity index (χ2v) is 25.5. The molecular weight excluding hydrogens is 890 g/mol. The highest BCUT2D eigenvalue weighted by Crippen LogP contribution is 2.51. The number of fused-ring (bicyclic) bond motifs is 6. The summed E-state index contributed by atoms with van der Waals surface area (Å²) in [5, 5.41) is 1.32. The van der Waals surface area contributed by atoms with Crippen LogP contribution in [-0.4, -0.2) is 6.71 Å². The zero-order chi connectivity index (χ0) is 50.6. The SMILES string of the molecule is Cc1cc2c3c(c1)N(c1ccc(C(C)(C)C)cc1)c1c(sc4ccc(C(C)(C)C)cc14)B3c1ccc(N(c3ccc(C(C)(C)C)cc3)c3ccccc3-c3ccccc3)cc1N2c1ccc(C(C)(C)C)cc1. The molecule has 5 heteroatoms. The molecule has 9 aromatic rings. The van der Waals surface area contributed by atoms with Gasteiger partial charge in [0, 0.05) is 60.2 Å². The van der Waals surface area contributed by atoms with E-state index < -0.39 is 0 Å². The first-order valence-electron chi connectivity index (χ1n) is 25.9. The van der Waals surface area contributed by atoms with Gasteiger partial charge >= 0.3 is 0 Å². The maximum atomic E-state index is 2.61. The van der Waals surface area contributed by atoms with E-state index >= 15 is 0 Å². The van der Waals surface area contributed by atoms with Gasteiger partial charge < -0.3 is 14.7 Å². The highest BCUT2D eigenvalue weighted by Gasteiger charge is 2.46. The van der Waals surface area contributed by atoms with Gasteiger partial charge in [0.2, 0.25) is 0 Å². The van der Waals surface area contributed by atoms with Gasteiger partial charge in [0.1, 0.15) is 0 Å². The average Bonchev–Trinajstić information content (AvgIpc) is 3.72. The molecule has 8 aromatic carbocycles. The number of anilines is 9. The van der Waals surface area contributed by atoms with Crippen molar-refractivity contribution >= 4 is 95.0 Å². The zero-order valence-corrected chi connectivity index (χ0v) is 45.4. The van der Waals surface area contributed by atoms with E-state index in [1.54, 1.807) is 0 Å². The molecule has 1 aromatic heterocycles. The monoisotopic (exact) mass is 958 g/mol. The molecule has 0 amide bonds. The lowest BCUT2D eigenvalue weighted by Gasteiger charge is -2.44. The molecule has 0 bridgehead atoms. The summed E-state index contributed by atoms with van der Waals surface area (Å²) in [6, 6.07) is 67.3. The van der Waals surface area contributed by atoms with Crippen molar-refractivity contribution in [1.82, 2.24) is 0 Å². The van der Waals surface area contributed by atoms with Crippen LogP contribution in [-0.2, 0) is 21.7 Å². The predicted molar refractivity (Wildman–Crippen MR) is 316 cm³/mol. The Labute approximate surface area is 433 Å². The second-order valence-electron chi connectivity index (χ2n) is 24.4. The van der Waals surface area contributed by atoms with Crippen LogP contribution in [0.15, 0.2) is 176 Å². The molecule has 0 unspecified atom stereocenters. The molecular formula is C67H68BN3S. The first-order valence-corrected chi connectivity index (χ1v) is 26.7. The van der Waals surface area contributed by atoms with Crippen LogP contribution in [0.25, 0.3) is 21.2 Å². The normalized spacial score (nSPS) is 13.5. The summed E-state index contributed by atoms with van der Waals surface area (Å²) in [6.07, 6.45) is 0. The molecule has 0 saturated heterocycles. The van der Waals surface area contributed by atoms with Gasteiger partial charge in [-0.1, -0.05) is 180 Å². The van der Waals surface area contributed by atoms with E-state index in [0.717, 1.165) is 22.7 Å². The Hall–Kier alpha value is -6.82. The summed E-state index contributed by atoms with van der Waals surface area (Å²) in [7, 11) is 0. The van der Waals surface area contributed by atoms with Crippen molar-refractivity contribution in [2.75, 3.05) is 14.7 Å². The van der Waals surface area contributed by atoms with E-state index in [1.807, 2.05) is 11.3 Å². The number of thiophene rings is 1. The predicted octanol–water partition coefficient (Wildman–Crippen LogP) is 17.6. The fourth-order valence-corrected chi connectivity index (χ4v) is 12.3. The minimum absolute atomic E-state index is 0.00328. The third-order valence-corrected chi connectivity index (χ3v) is 16.3. The Kier molecular flexibility index (Phi) is 11.3. The van der Waals surface area contributed by atoms with Crippen molar-refractivity contribution in [3.8, 4) is 11.1 Å². The van der Waals surface area contributed by atoms with Crippen LogP contribution in [0.4, 0.5) is 51.2 Å². The van der Waals surface area contributed by atoms with Crippen LogP contribution in [0.1, 0.15) is 111 Å². The number of hydrogen-bond acceptors (Lipinski definition) is 4. The van der Waals surface area contributed by atoms with Crippen molar-refractivity contribution in [3.63, 3.8) is 0 Å². The molecule has 3 heterocycles. The highest BCUT2D eigenvalue weighted by atomic mass is 32.1. The minimum Gasteiger partial charge on any atom is -0.311 e. The Morgan fingerprint density at radius 1 is 0.444 bits per heavy atom. The Morgan fingerprint density at radius 2 is 0.944 bits per heavy atom. The maximum absolute atomic E-state index is 2.61. The quantitative estimate of drug-likeness (QED) is 0.154. The molecule has 2 aliphatic heterocycles. The van der Waals surface area contributed by atoms with Crippen molar-refractivity contribution in [2.45, 2.75) is 112 Å². The number of rotatable bonds is 6. The molecule has 0 aliphatic carbocycles. The van der Waals surface area contributed by atoms with E-state index in [0.29, 0.717) is 0 Å². The van der Waals surface area contributed by atoms with Crippen molar-refractivity contribution in [3.05, 3.63) is 204 Å². The standard InChI is InChI=1S/C67H68BN3S/c1-43-39-58-61-59(40-43)71(51-34-27-47(28-35-51)66(8,9)10)62-54-41-48(67(11,12)13)29-38-60(54)72-63(62)68(61)55-37-36-52(42-57(55)70(58)50-32-25-46(26-33-50)65(5,6)7)69(49-30-23-45(24-31-49)64(2,3)4)56-22-18-17-21-53(56)44-19-15-14-16-20-44/h14-42H,1-13H3. The largest absolute Gasteiger partial charge is 0.311 e. The Morgan fingerprint density at radius 3 is 1.53 bits per heavy atom. The smallest absolute Gasteiger partial charge is 0.264 e. The van der Waals surface area contributed by atoms with Crippen LogP contribution in [0.5, 0.6) is 0 Å². The van der Waals surface area contributed by atoms with Crippen molar-refractivity contribution in [2.24, 2.45) is 0 Å². The molecule has 360 valence electrons. The van der Waals surface area contributed by atoms with Gasteiger partial charge in [-0.15, -0.1) is 11.3 Å². The fraction of sp³-hybridized carbons (Fsp3) is 0.254. The van der Waals surface area contributed by atoms with E-state index in [-0.39, 0.29) is 28.4 Å². The summed E-state index contributed by atoms with van der Waals surface area (Å²) in [5.74, 6) is 0. The first kappa shape index (κ1) is 47.5. The van der Waals surface area contributed by atoms with Crippen LogP contribution in [0.2, 0.25) is 0 Å². The molecule has 11 rings (SSSR count). The molecule has 3 nitrogen and oxygen atoms in total. The van der Waals surface area contributed by atoms with Gasteiger partial charge in [0.25, 0.3) is 6.71 Å². The summed E-state index contributed by atoms with van der Waals surface area (Å²) < 4.78 is 2.70. The number of aryl methyl sites for hydroxylation is 1. The van der Waals surface area contributed by atoms with E-state index in [9.17, 15) is 0 Å². The topological polar surface area (TPSA) is 9.72 Å². The maximum Gasteiger partial charge on any atom is 0.264 e. The van der Waals surface area contributed by atoms with Gasteiger partial charge in [0.05, 0.1) is 11.4 Å². The average molecular weight is 958 g/mol.